The fraction of sp³-hybridized carbons (Fsp3) is 0.115. The van der Waals surface area contributed by atoms with Gasteiger partial charge < -0.3 is 4.90 Å². The number of halogens is 2. The summed E-state index contributed by atoms with van der Waals surface area (Å²) in [7, 11) is 0. The van der Waals surface area contributed by atoms with E-state index in [0.29, 0.717) is 12.1 Å². The SMILES string of the molecule is O=C1NC(=S)N(c2ccccc2F)C(=O)/C1=C/c1ccc2c(c1)CCN2Cc1ccccc1Cl. The average molecular weight is 492 g/mol. The quantitative estimate of drug-likeness (QED) is 0.321. The number of rotatable bonds is 4. The summed E-state index contributed by atoms with van der Waals surface area (Å²) in [6.45, 7) is 1.54. The Kier molecular flexibility index (Phi) is 5.89. The average Bonchev–Trinajstić information content (AvgIpc) is 3.21. The molecule has 0 aliphatic carbocycles. The summed E-state index contributed by atoms with van der Waals surface area (Å²) in [5.41, 5.74) is 3.85. The van der Waals surface area contributed by atoms with Crippen LogP contribution in [0.1, 0.15) is 16.7 Å². The highest BCUT2D eigenvalue weighted by Gasteiger charge is 2.35. The number of anilines is 2. The molecule has 0 bridgehead atoms. The monoisotopic (exact) mass is 491 g/mol. The summed E-state index contributed by atoms with van der Waals surface area (Å²) in [4.78, 5) is 29.0. The minimum absolute atomic E-state index is 0.00688. The predicted octanol–water partition coefficient (Wildman–Crippen LogP) is 4.87. The maximum atomic E-state index is 14.3. The molecule has 34 heavy (non-hydrogen) atoms. The number of thiocarbonyl (C=S) groups is 1. The van der Waals surface area contributed by atoms with Crippen LogP contribution in [0, 0.1) is 5.82 Å². The standard InChI is InChI=1S/C26H19ClFN3O2S/c27-20-6-2-1-5-18(20)15-30-12-11-17-13-16(9-10-22(17)30)14-19-24(32)29-26(34)31(25(19)33)23-8-4-3-7-21(23)28/h1-10,13-14H,11-12,15H2,(H,29,32,34)/b19-14+. The van der Waals surface area contributed by atoms with Crippen LogP contribution in [-0.4, -0.2) is 23.5 Å². The van der Waals surface area contributed by atoms with Crippen LogP contribution in [0.2, 0.25) is 5.02 Å². The largest absolute Gasteiger partial charge is 0.367 e. The van der Waals surface area contributed by atoms with Gasteiger partial charge in [-0.2, -0.15) is 0 Å². The molecule has 0 unspecified atom stereocenters. The van der Waals surface area contributed by atoms with Crippen LogP contribution in [0.3, 0.4) is 0 Å². The number of hydrogen-bond donors (Lipinski definition) is 1. The zero-order valence-electron chi connectivity index (χ0n) is 17.9. The van der Waals surface area contributed by atoms with Gasteiger partial charge in [0, 0.05) is 23.8 Å². The number of hydrogen-bond acceptors (Lipinski definition) is 4. The van der Waals surface area contributed by atoms with E-state index in [1.54, 1.807) is 6.07 Å². The lowest BCUT2D eigenvalue weighted by molar-refractivity contribution is -0.122. The maximum Gasteiger partial charge on any atom is 0.270 e. The van der Waals surface area contributed by atoms with Gasteiger partial charge in [-0.05, 0) is 71.7 Å². The van der Waals surface area contributed by atoms with Crippen LogP contribution in [0.15, 0.2) is 72.3 Å². The normalized spacial score (nSPS) is 16.8. The lowest BCUT2D eigenvalue weighted by Crippen LogP contribution is -2.54. The Bertz CT molecular complexity index is 1370. The van der Waals surface area contributed by atoms with Crippen LogP contribution in [0.25, 0.3) is 6.08 Å². The molecule has 0 radical (unpaired) electrons. The van der Waals surface area contributed by atoms with Crippen molar-refractivity contribution in [2.75, 3.05) is 16.3 Å². The molecule has 5 rings (SSSR count). The molecule has 1 saturated heterocycles. The highest BCUT2D eigenvalue weighted by Crippen LogP contribution is 2.32. The first-order valence-electron chi connectivity index (χ1n) is 10.7. The lowest BCUT2D eigenvalue weighted by atomic mass is 10.0. The van der Waals surface area contributed by atoms with Crippen molar-refractivity contribution in [3.8, 4) is 0 Å². The van der Waals surface area contributed by atoms with Crippen LogP contribution in [0.4, 0.5) is 15.8 Å². The molecule has 170 valence electrons. The Morgan fingerprint density at radius 2 is 1.79 bits per heavy atom. The Morgan fingerprint density at radius 1 is 1.03 bits per heavy atom. The summed E-state index contributed by atoms with van der Waals surface area (Å²) in [6, 6.07) is 19.4. The third kappa shape index (κ3) is 4.08. The number of carbonyl (C=O) groups is 2. The molecule has 3 aromatic rings. The number of benzene rings is 3. The Hall–Kier alpha value is -3.55. The van der Waals surface area contributed by atoms with Crippen LogP contribution in [0.5, 0.6) is 0 Å². The van der Waals surface area contributed by atoms with Gasteiger partial charge >= 0.3 is 0 Å². The first-order valence-corrected chi connectivity index (χ1v) is 11.5. The highest BCUT2D eigenvalue weighted by molar-refractivity contribution is 7.80. The fourth-order valence-electron chi connectivity index (χ4n) is 4.25. The van der Waals surface area contributed by atoms with E-state index in [0.717, 1.165) is 39.7 Å². The van der Waals surface area contributed by atoms with E-state index in [2.05, 4.69) is 10.2 Å². The molecule has 2 aliphatic rings. The van der Waals surface area contributed by atoms with Gasteiger partial charge in [-0.3, -0.25) is 14.9 Å². The van der Waals surface area contributed by atoms with Crippen molar-refractivity contribution in [2.24, 2.45) is 0 Å². The van der Waals surface area contributed by atoms with Gasteiger partial charge in [-0.1, -0.05) is 48.0 Å². The van der Waals surface area contributed by atoms with Crippen LogP contribution < -0.4 is 15.1 Å². The number of nitrogens with zero attached hydrogens (tertiary/aromatic N) is 2. The minimum Gasteiger partial charge on any atom is -0.367 e. The van der Waals surface area contributed by atoms with E-state index < -0.39 is 17.6 Å². The second-order valence-corrected chi connectivity index (χ2v) is 8.85. The van der Waals surface area contributed by atoms with E-state index in [4.69, 9.17) is 23.8 Å². The van der Waals surface area contributed by atoms with E-state index in [-0.39, 0.29) is 16.4 Å². The molecule has 2 aliphatic heterocycles. The zero-order chi connectivity index (χ0) is 23.8. The summed E-state index contributed by atoms with van der Waals surface area (Å²) in [5.74, 6) is -1.88. The fourth-order valence-corrected chi connectivity index (χ4v) is 4.72. The minimum atomic E-state index is -0.667. The van der Waals surface area contributed by atoms with Crippen molar-refractivity contribution in [1.82, 2.24) is 5.32 Å². The second-order valence-electron chi connectivity index (χ2n) is 8.06. The second kappa shape index (κ2) is 9.00. The highest BCUT2D eigenvalue weighted by atomic mass is 35.5. The molecule has 0 spiro atoms. The third-order valence-electron chi connectivity index (χ3n) is 5.92. The van der Waals surface area contributed by atoms with Crippen molar-refractivity contribution in [3.05, 3.63) is 99.8 Å². The molecule has 0 saturated carbocycles. The number of fused-ring (bicyclic) bond motifs is 1. The molecule has 2 heterocycles. The number of carbonyl (C=O) groups excluding carboxylic acids is 2. The predicted molar refractivity (Wildman–Crippen MR) is 135 cm³/mol. The van der Waals surface area contributed by atoms with Crippen LogP contribution in [-0.2, 0) is 22.6 Å². The van der Waals surface area contributed by atoms with Gasteiger partial charge in [0.1, 0.15) is 11.4 Å². The van der Waals surface area contributed by atoms with Gasteiger partial charge in [0.25, 0.3) is 11.8 Å². The Labute approximate surface area is 206 Å². The number of para-hydroxylation sites is 1. The summed E-state index contributed by atoms with van der Waals surface area (Å²) in [6.07, 6.45) is 2.35. The van der Waals surface area contributed by atoms with Crippen molar-refractivity contribution in [2.45, 2.75) is 13.0 Å². The third-order valence-corrected chi connectivity index (χ3v) is 6.57. The Balaban J connectivity index is 1.43. The van der Waals surface area contributed by atoms with Crippen molar-refractivity contribution in [1.29, 1.82) is 0 Å². The molecule has 2 amide bonds. The summed E-state index contributed by atoms with van der Waals surface area (Å²) < 4.78 is 14.3. The van der Waals surface area contributed by atoms with E-state index in [9.17, 15) is 14.0 Å². The molecular weight excluding hydrogens is 473 g/mol. The van der Waals surface area contributed by atoms with Gasteiger partial charge in [0.15, 0.2) is 5.11 Å². The molecule has 5 nitrogen and oxygen atoms in total. The smallest absolute Gasteiger partial charge is 0.270 e. The molecular formula is C26H19ClFN3O2S. The molecule has 3 aromatic carbocycles. The van der Waals surface area contributed by atoms with Crippen molar-refractivity contribution in [3.63, 3.8) is 0 Å². The first-order chi connectivity index (χ1) is 16.4. The Morgan fingerprint density at radius 3 is 2.59 bits per heavy atom. The maximum absolute atomic E-state index is 14.3. The summed E-state index contributed by atoms with van der Waals surface area (Å²) >= 11 is 11.5. The van der Waals surface area contributed by atoms with E-state index in [1.807, 2.05) is 42.5 Å². The van der Waals surface area contributed by atoms with Crippen molar-refractivity contribution < 1.29 is 14.0 Å². The summed E-state index contributed by atoms with van der Waals surface area (Å²) in [5, 5.41) is 3.07. The molecule has 0 atom stereocenters. The van der Waals surface area contributed by atoms with E-state index >= 15 is 0 Å². The van der Waals surface area contributed by atoms with Crippen molar-refractivity contribution >= 4 is 58.2 Å². The number of nitrogens with one attached hydrogen (secondary N) is 1. The van der Waals surface area contributed by atoms with E-state index in [1.165, 1.54) is 24.3 Å². The zero-order valence-corrected chi connectivity index (χ0v) is 19.5. The van der Waals surface area contributed by atoms with Gasteiger partial charge in [-0.25, -0.2) is 9.29 Å². The van der Waals surface area contributed by atoms with Crippen LogP contribution >= 0.6 is 23.8 Å². The lowest BCUT2D eigenvalue weighted by Gasteiger charge is -2.29. The topological polar surface area (TPSA) is 52.7 Å². The molecule has 0 aromatic heterocycles. The molecule has 1 fully saturated rings. The first kappa shape index (κ1) is 22.3. The molecule has 8 heteroatoms. The van der Waals surface area contributed by atoms with Gasteiger partial charge in [0.2, 0.25) is 0 Å². The van der Waals surface area contributed by atoms with Gasteiger partial charge in [-0.15, -0.1) is 0 Å². The molecule has 1 N–H and O–H groups in total. The van der Waals surface area contributed by atoms with Gasteiger partial charge in [0.05, 0.1) is 5.69 Å². The number of amides is 2.